The van der Waals surface area contributed by atoms with Crippen LogP contribution in [-0.2, 0) is 0 Å². The first-order valence-electron chi connectivity index (χ1n) is 20.9. The number of anilines is 3. The van der Waals surface area contributed by atoms with Gasteiger partial charge < -0.3 is 0 Å². The number of nitrogens with zero attached hydrogens (tertiary/aromatic N) is 5. The summed E-state index contributed by atoms with van der Waals surface area (Å²) in [5.74, 6) is 1.53. The van der Waals surface area contributed by atoms with Crippen molar-refractivity contribution in [2.75, 3.05) is 4.90 Å². The molecule has 0 atom stereocenters. The quantitative estimate of drug-likeness (QED) is 0.156. The summed E-state index contributed by atoms with van der Waals surface area (Å²) in [7, 11) is 0. The molecule has 0 fully saturated rings. The number of rotatable bonds is 6. The average molecular weight is 840 g/mol. The van der Waals surface area contributed by atoms with Crippen molar-refractivity contribution in [2.45, 2.75) is 0 Å². The summed E-state index contributed by atoms with van der Waals surface area (Å²) in [6.45, 7) is 0. The molecular formula is C56H33N5S2. The molecule has 7 heteroatoms. The number of thiazole rings is 2. The molecule has 0 unspecified atom stereocenters. The Morgan fingerprint density at radius 1 is 0.317 bits per heavy atom. The second-order valence-corrected chi connectivity index (χ2v) is 17.8. The van der Waals surface area contributed by atoms with Crippen LogP contribution in [0.1, 0.15) is 0 Å². The predicted octanol–water partition coefficient (Wildman–Crippen LogP) is 15.9. The maximum absolute atomic E-state index is 5.34. The van der Waals surface area contributed by atoms with Gasteiger partial charge in [0.25, 0.3) is 0 Å². The second-order valence-electron chi connectivity index (χ2n) is 15.9. The summed E-state index contributed by atoms with van der Waals surface area (Å²) in [6, 6.07) is 71.2. The van der Waals surface area contributed by atoms with Crippen molar-refractivity contribution in [1.82, 2.24) is 19.9 Å². The molecule has 5 nitrogen and oxygen atoms in total. The fraction of sp³-hybridized carbons (Fsp3) is 0. The van der Waals surface area contributed by atoms with Gasteiger partial charge in [0, 0.05) is 16.8 Å². The van der Waals surface area contributed by atoms with Gasteiger partial charge >= 0.3 is 0 Å². The van der Waals surface area contributed by atoms with Crippen molar-refractivity contribution in [3.8, 4) is 32.3 Å². The van der Waals surface area contributed by atoms with Gasteiger partial charge in [-0.1, -0.05) is 174 Å². The number of aromatic nitrogens is 4. The van der Waals surface area contributed by atoms with E-state index in [-0.39, 0.29) is 0 Å². The zero-order valence-corrected chi connectivity index (χ0v) is 35.2. The summed E-state index contributed by atoms with van der Waals surface area (Å²) in [5.41, 5.74) is 7.34. The molecule has 13 aromatic rings. The lowest BCUT2D eigenvalue weighted by molar-refractivity contribution is 1.16. The van der Waals surface area contributed by atoms with Crippen molar-refractivity contribution >= 4 is 115 Å². The van der Waals surface area contributed by atoms with E-state index in [1.54, 1.807) is 22.7 Å². The number of hydrogen-bond acceptors (Lipinski definition) is 7. The molecule has 294 valence electrons. The molecule has 63 heavy (non-hydrogen) atoms. The van der Waals surface area contributed by atoms with E-state index in [0.29, 0.717) is 0 Å². The van der Waals surface area contributed by atoms with Crippen LogP contribution in [0.4, 0.5) is 17.3 Å². The molecule has 13 rings (SSSR count). The van der Waals surface area contributed by atoms with E-state index >= 15 is 0 Å². The van der Waals surface area contributed by atoms with Crippen LogP contribution in [-0.4, -0.2) is 19.9 Å². The molecule has 0 aliphatic carbocycles. The summed E-state index contributed by atoms with van der Waals surface area (Å²) < 4.78 is 0. The van der Waals surface area contributed by atoms with E-state index in [9.17, 15) is 0 Å². The smallest absolute Gasteiger partial charge is 0.146 e. The zero-order valence-electron chi connectivity index (χ0n) is 33.6. The van der Waals surface area contributed by atoms with Crippen LogP contribution in [0.3, 0.4) is 0 Å². The maximum atomic E-state index is 5.34. The van der Waals surface area contributed by atoms with Gasteiger partial charge in [0.05, 0.1) is 0 Å². The van der Waals surface area contributed by atoms with Gasteiger partial charge in [-0.3, -0.25) is 4.90 Å². The van der Waals surface area contributed by atoms with Gasteiger partial charge in [0.2, 0.25) is 0 Å². The van der Waals surface area contributed by atoms with Crippen LogP contribution >= 0.6 is 22.7 Å². The molecule has 0 saturated heterocycles. The lowest BCUT2D eigenvalue weighted by Crippen LogP contribution is -2.13. The molecule has 0 amide bonds. The monoisotopic (exact) mass is 839 g/mol. The van der Waals surface area contributed by atoms with E-state index < -0.39 is 0 Å². The fourth-order valence-corrected chi connectivity index (χ4v) is 11.0. The molecule has 0 radical (unpaired) electrons. The highest BCUT2D eigenvalue weighted by Gasteiger charge is 2.21. The third kappa shape index (κ3) is 6.12. The Morgan fingerprint density at radius 2 is 0.794 bits per heavy atom. The summed E-state index contributed by atoms with van der Waals surface area (Å²) in [5, 5.41) is 13.9. The molecule has 9 aromatic carbocycles. The number of fused-ring (bicyclic) bond motifs is 8. The molecule has 0 bridgehead atoms. The minimum Gasteiger partial charge on any atom is -0.279 e. The van der Waals surface area contributed by atoms with E-state index in [2.05, 4.69) is 205 Å². The second kappa shape index (κ2) is 14.4. The van der Waals surface area contributed by atoms with Gasteiger partial charge in [-0.2, -0.15) is 0 Å². The first-order valence-corrected chi connectivity index (χ1v) is 22.6. The Balaban J connectivity index is 0.939. The Morgan fingerprint density at radius 3 is 1.41 bits per heavy atom. The van der Waals surface area contributed by atoms with Crippen molar-refractivity contribution in [3.63, 3.8) is 0 Å². The zero-order chi connectivity index (χ0) is 41.4. The average Bonchev–Trinajstić information content (AvgIpc) is 3.97. The number of hydrogen-bond donors (Lipinski definition) is 0. The largest absolute Gasteiger partial charge is 0.279 e. The molecule has 0 aliphatic heterocycles. The molecular weight excluding hydrogens is 807 g/mol. The number of benzene rings is 9. The van der Waals surface area contributed by atoms with Gasteiger partial charge in [-0.25, -0.2) is 19.9 Å². The first-order chi connectivity index (χ1) is 31.2. The van der Waals surface area contributed by atoms with Crippen LogP contribution in [0, 0.1) is 0 Å². The fourth-order valence-electron chi connectivity index (χ4n) is 9.05. The molecule has 4 aromatic heterocycles. The summed E-state index contributed by atoms with van der Waals surface area (Å²) in [6.07, 6.45) is 0. The normalized spacial score (nSPS) is 11.8. The van der Waals surface area contributed by atoms with Crippen LogP contribution < -0.4 is 4.90 Å². The van der Waals surface area contributed by atoms with Gasteiger partial charge in [-0.15, -0.1) is 0 Å². The Kier molecular flexibility index (Phi) is 8.19. The standard InChI is InChI=1S/C56H33N5S2/c1-2-12-37-31-38(20-19-34(37)9-1)39-23-25-45-40(32-39)21-22-41-33-42(24-26-46(41)45)61(51-29-27-49-55(59-51)62-53(57-49)47-17-7-13-35-10-3-5-15-43(35)47)52-30-28-50-56(60-52)63-54(58-50)48-18-8-14-36-11-4-6-16-44(36)48/h1-33H. The van der Waals surface area contributed by atoms with Gasteiger partial charge in [0.15, 0.2) is 0 Å². The summed E-state index contributed by atoms with van der Waals surface area (Å²) >= 11 is 3.24. The lowest BCUT2D eigenvalue weighted by Gasteiger charge is -2.23. The first kappa shape index (κ1) is 35.9. The van der Waals surface area contributed by atoms with Gasteiger partial charge in [0.1, 0.15) is 42.3 Å². The Labute approximate surface area is 369 Å². The third-order valence-corrected chi connectivity index (χ3v) is 14.1. The molecule has 0 N–H and O–H groups in total. The Hall–Kier alpha value is -7.84. The van der Waals surface area contributed by atoms with Crippen molar-refractivity contribution in [3.05, 3.63) is 200 Å². The van der Waals surface area contributed by atoms with E-state index in [4.69, 9.17) is 19.9 Å². The van der Waals surface area contributed by atoms with Crippen molar-refractivity contribution in [2.24, 2.45) is 0 Å². The van der Waals surface area contributed by atoms with E-state index in [0.717, 1.165) is 64.5 Å². The SMILES string of the molecule is c1ccc2cc(-c3ccc4c(ccc5cc(N(c6ccc7nc(-c8cccc9ccccc89)sc7n6)c6ccc7nc(-c8cccc9ccccc89)sc7n6)ccc54)c3)ccc2c1. The molecule has 0 saturated carbocycles. The topological polar surface area (TPSA) is 54.8 Å². The lowest BCUT2D eigenvalue weighted by atomic mass is 9.96. The Bertz CT molecular complexity index is 3790. The third-order valence-electron chi connectivity index (χ3n) is 12.1. The molecule has 0 spiro atoms. The van der Waals surface area contributed by atoms with Crippen LogP contribution in [0.2, 0.25) is 0 Å². The van der Waals surface area contributed by atoms with E-state index in [1.807, 2.05) is 0 Å². The van der Waals surface area contributed by atoms with Crippen molar-refractivity contribution in [1.29, 1.82) is 0 Å². The number of pyridine rings is 2. The van der Waals surface area contributed by atoms with Gasteiger partial charge in [-0.05, 0) is 114 Å². The highest BCUT2D eigenvalue weighted by atomic mass is 32.1. The van der Waals surface area contributed by atoms with Crippen LogP contribution in [0.5, 0.6) is 0 Å². The van der Waals surface area contributed by atoms with Crippen molar-refractivity contribution < 1.29 is 0 Å². The maximum Gasteiger partial charge on any atom is 0.146 e. The predicted molar refractivity (Wildman–Crippen MR) is 267 cm³/mol. The highest BCUT2D eigenvalue weighted by Crippen LogP contribution is 2.42. The minimum absolute atomic E-state index is 0.765. The van der Waals surface area contributed by atoms with Crippen LogP contribution in [0.15, 0.2) is 200 Å². The molecule has 0 aliphatic rings. The van der Waals surface area contributed by atoms with E-state index in [1.165, 1.54) is 59.6 Å². The highest BCUT2D eigenvalue weighted by molar-refractivity contribution is 7.21. The van der Waals surface area contributed by atoms with Crippen LogP contribution in [0.25, 0.3) is 107 Å². The summed E-state index contributed by atoms with van der Waals surface area (Å²) in [4.78, 5) is 24.8. The minimum atomic E-state index is 0.765. The molecule has 4 heterocycles.